The minimum Gasteiger partial charge on any atom is -0.379 e. The van der Waals surface area contributed by atoms with Crippen molar-refractivity contribution < 1.29 is 8.42 Å². The molecule has 2 aromatic carbocycles. The Balaban J connectivity index is 1.72. The van der Waals surface area contributed by atoms with Crippen LogP contribution in [0.5, 0.6) is 0 Å². The highest BCUT2D eigenvalue weighted by atomic mass is 32.2. The zero-order chi connectivity index (χ0) is 19.3. The molecular formula is C20H24N4O2S. The molecule has 0 fully saturated rings. The molecule has 0 saturated carbocycles. The number of hydrogen-bond donors (Lipinski definition) is 1. The monoisotopic (exact) mass is 384 g/mol. The first-order valence-electron chi connectivity index (χ1n) is 8.98. The second-order valence-electron chi connectivity index (χ2n) is 6.06. The standard InChI is InChI=1S/C20H24N4O2S/c1-3-23(4-2)27(25,26)20-12-8-9-17(15-20)21-16-18-13-14-24(22-18)19-10-6-5-7-11-19/h5-15,21H,3-4,16H2,1-2H3. The van der Waals surface area contributed by atoms with Gasteiger partial charge in [-0.05, 0) is 36.4 Å². The Morgan fingerprint density at radius 2 is 1.74 bits per heavy atom. The summed E-state index contributed by atoms with van der Waals surface area (Å²) in [6, 6.07) is 18.7. The second kappa shape index (κ2) is 8.37. The van der Waals surface area contributed by atoms with Crippen LogP contribution in [-0.2, 0) is 16.6 Å². The van der Waals surface area contributed by atoms with Gasteiger partial charge in [-0.2, -0.15) is 9.40 Å². The highest BCUT2D eigenvalue weighted by Crippen LogP contribution is 2.20. The van der Waals surface area contributed by atoms with E-state index in [9.17, 15) is 8.42 Å². The van der Waals surface area contributed by atoms with E-state index in [1.807, 2.05) is 67.2 Å². The van der Waals surface area contributed by atoms with Gasteiger partial charge in [0.1, 0.15) is 0 Å². The fourth-order valence-corrected chi connectivity index (χ4v) is 4.36. The molecule has 7 heteroatoms. The molecule has 0 aliphatic carbocycles. The quantitative estimate of drug-likeness (QED) is 0.645. The zero-order valence-corrected chi connectivity index (χ0v) is 16.4. The summed E-state index contributed by atoms with van der Waals surface area (Å²) < 4.78 is 28.6. The maximum absolute atomic E-state index is 12.7. The first-order valence-corrected chi connectivity index (χ1v) is 10.4. The molecule has 0 radical (unpaired) electrons. The second-order valence-corrected chi connectivity index (χ2v) is 8.00. The predicted octanol–water partition coefficient (Wildman–Crippen LogP) is 3.51. The van der Waals surface area contributed by atoms with E-state index in [4.69, 9.17) is 0 Å². The van der Waals surface area contributed by atoms with Crippen molar-refractivity contribution in [1.82, 2.24) is 14.1 Å². The van der Waals surface area contributed by atoms with Gasteiger partial charge in [-0.15, -0.1) is 0 Å². The lowest BCUT2D eigenvalue weighted by Crippen LogP contribution is -2.30. The third kappa shape index (κ3) is 4.37. The molecule has 142 valence electrons. The van der Waals surface area contributed by atoms with Crippen LogP contribution in [0.25, 0.3) is 5.69 Å². The number of sulfonamides is 1. The lowest BCUT2D eigenvalue weighted by atomic mass is 10.3. The van der Waals surface area contributed by atoms with E-state index in [1.54, 1.807) is 18.2 Å². The number of nitrogens with zero attached hydrogens (tertiary/aromatic N) is 3. The highest BCUT2D eigenvalue weighted by molar-refractivity contribution is 7.89. The maximum atomic E-state index is 12.7. The van der Waals surface area contributed by atoms with Gasteiger partial charge < -0.3 is 5.32 Å². The Labute approximate surface area is 160 Å². The van der Waals surface area contributed by atoms with Gasteiger partial charge in [0, 0.05) is 25.0 Å². The SMILES string of the molecule is CCN(CC)S(=O)(=O)c1cccc(NCc2ccn(-c3ccccc3)n2)c1. The van der Waals surface area contributed by atoms with E-state index in [1.165, 1.54) is 4.31 Å². The molecule has 3 rings (SSSR count). The molecule has 1 heterocycles. The van der Waals surface area contributed by atoms with Gasteiger partial charge in [0.2, 0.25) is 10.0 Å². The summed E-state index contributed by atoms with van der Waals surface area (Å²) in [5.74, 6) is 0. The summed E-state index contributed by atoms with van der Waals surface area (Å²) in [5.41, 5.74) is 2.62. The van der Waals surface area contributed by atoms with Gasteiger partial charge in [-0.3, -0.25) is 0 Å². The number of benzene rings is 2. The summed E-state index contributed by atoms with van der Waals surface area (Å²) >= 11 is 0. The summed E-state index contributed by atoms with van der Waals surface area (Å²) in [5, 5.41) is 7.80. The van der Waals surface area contributed by atoms with E-state index in [2.05, 4.69) is 10.4 Å². The van der Waals surface area contributed by atoms with E-state index in [-0.39, 0.29) is 0 Å². The van der Waals surface area contributed by atoms with Crippen LogP contribution in [0.3, 0.4) is 0 Å². The summed E-state index contributed by atoms with van der Waals surface area (Å²) in [7, 11) is -3.46. The normalized spacial score (nSPS) is 11.7. The maximum Gasteiger partial charge on any atom is 0.243 e. The molecule has 1 aromatic heterocycles. The lowest BCUT2D eigenvalue weighted by molar-refractivity contribution is 0.445. The molecule has 0 bridgehead atoms. The smallest absolute Gasteiger partial charge is 0.243 e. The summed E-state index contributed by atoms with van der Waals surface area (Å²) in [6.07, 6.45) is 1.91. The molecule has 6 nitrogen and oxygen atoms in total. The fraction of sp³-hybridized carbons (Fsp3) is 0.250. The lowest BCUT2D eigenvalue weighted by Gasteiger charge is -2.19. The van der Waals surface area contributed by atoms with Crippen molar-refractivity contribution in [2.75, 3.05) is 18.4 Å². The van der Waals surface area contributed by atoms with Crippen molar-refractivity contribution in [3.05, 3.63) is 72.6 Å². The molecule has 0 aliphatic rings. The molecule has 0 amide bonds. The Morgan fingerprint density at radius 1 is 1.00 bits per heavy atom. The van der Waals surface area contributed by atoms with Crippen molar-refractivity contribution >= 4 is 15.7 Å². The van der Waals surface area contributed by atoms with E-state index >= 15 is 0 Å². The molecule has 0 unspecified atom stereocenters. The van der Waals surface area contributed by atoms with Crippen molar-refractivity contribution in [3.8, 4) is 5.69 Å². The van der Waals surface area contributed by atoms with Crippen LogP contribution < -0.4 is 5.32 Å². The molecular weight excluding hydrogens is 360 g/mol. The van der Waals surface area contributed by atoms with E-state index in [0.717, 1.165) is 17.1 Å². The van der Waals surface area contributed by atoms with Crippen LogP contribution in [0.4, 0.5) is 5.69 Å². The number of anilines is 1. The molecule has 1 N–H and O–H groups in total. The number of rotatable bonds is 8. The summed E-state index contributed by atoms with van der Waals surface area (Å²) in [6.45, 7) is 5.09. The Hall–Kier alpha value is -2.64. The molecule has 0 aliphatic heterocycles. The van der Waals surface area contributed by atoms with Gasteiger partial charge in [0.05, 0.1) is 22.8 Å². The van der Waals surface area contributed by atoms with Crippen LogP contribution in [-0.4, -0.2) is 35.6 Å². The Morgan fingerprint density at radius 3 is 2.44 bits per heavy atom. The van der Waals surface area contributed by atoms with Crippen LogP contribution in [0.15, 0.2) is 71.8 Å². The van der Waals surface area contributed by atoms with Gasteiger partial charge in [-0.25, -0.2) is 13.1 Å². The van der Waals surface area contributed by atoms with Crippen LogP contribution in [0.2, 0.25) is 0 Å². The predicted molar refractivity (Wildman–Crippen MR) is 107 cm³/mol. The van der Waals surface area contributed by atoms with Crippen LogP contribution in [0.1, 0.15) is 19.5 Å². The molecule has 27 heavy (non-hydrogen) atoms. The Bertz CT molecular complexity index is 980. The Kier molecular flexibility index (Phi) is 5.93. The number of hydrogen-bond acceptors (Lipinski definition) is 4. The number of nitrogens with one attached hydrogen (secondary N) is 1. The minimum absolute atomic E-state index is 0.297. The molecule has 0 saturated heterocycles. The number of aromatic nitrogens is 2. The number of para-hydroxylation sites is 1. The fourth-order valence-electron chi connectivity index (χ4n) is 2.85. The zero-order valence-electron chi connectivity index (χ0n) is 15.5. The minimum atomic E-state index is -3.46. The van der Waals surface area contributed by atoms with Crippen LogP contribution in [0, 0.1) is 0 Å². The molecule has 3 aromatic rings. The van der Waals surface area contributed by atoms with Crippen molar-refractivity contribution in [2.24, 2.45) is 0 Å². The average molecular weight is 385 g/mol. The summed E-state index contributed by atoms with van der Waals surface area (Å²) in [4.78, 5) is 0.297. The van der Waals surface area contributed by atoms with Crippen molar-refractivity contribution in [1.29, 1.82) is 0 Å². The first kappa shape index (κ1) is 19.1. The molecule has 0 spiro atoms. The van der Waals surface area contributed by atoms with Gasteiger partial charge in [0.25, 0.3) is 0 Å². The third-order valence-electron chi connectivity index (χ3n) is 4.32. The van der Waals surface area contributed by atoms with E-state index < -0.39 is 10.0 Å². The largest absolute Gasteiger partial charge is 0.379 e. The topological polar surface area (TPSA) is 67.2 Å². The third-order valence-corrected chi connectivity index (χ3v) is 6.36. The average Bonchev–Trinajstić information content (AvgIpc) is 3.17. The van der Waals surface area contributed by atoms with Crippen molar-refractivity contribution in [2.45, 2.75) is 25.3 Å². The van der Waals surface area contributed by atoms with E-state index in [0.29, 0.717) is 24.5 Å². The first-order chi connectivity index (χ1) is 13.0. The van der Waals surface area contributed by atoms with Crippen molar-refractivity contribution in [3.63, 3.8) is 0 Å². The van der Waals surface area contributed by atoms with Gasteiger partial charge in [-0.1, -0.05) is 38.1 Å². The highest BCUT2D eigenvalue weighted by Gasteiger charge is 2.21. The van der Waals surface area contributed by atoms with Gasteiger partial charge >= 0.3 is 0 Å². The van der Waals surface area contributed by atoms with Crippen LogP contribution >= 0.6 is 0 Å². The molecule has 0 atom stereocenters. The van der Waals surface area contributed by atoms with Gasteiger partial charge in [0.15, 0.2) is 0 Å².